The molecule has 0 radical (unpaired) electrons. The zero-order valence-electron chi connectivity index (χ0n) is 11.7. The van der Waals surface area contributed by atoms with Crippen LogP contribution in [-0.4, -0.2) is 21.3 Å². The number of carbonyl (C=O) groups excluding carboxylic acids is 1. The Balaban J connectivity index is 1.89. The lowest BCUT2D eigenvalue weighted by atomic mass is 10.1. The summed E-state index contributed by atoms with van der Waals surface area (Å²) in [6.45, 7) is 2.69. The summed E-state index contributed by atoms with van der Waals surface area (Å²) in [6.07, 6.45) is 1.46. The Morgan fingerprint density at radius 3 is 2.71 bits per heavy atom. The number of nitrogens with zero attached hydrogens (tertiary/aromatic N) is 3. The summed E-state index contributed by atoms with van der Waals surface area (Å²) >= 11 is 1.67. The zero-order chi connectivity index (χ0) is 14.7. The van der Waals surface area contributed by atoms with Crippen molar-refractivity contribution >= 4 is 17.6 Å². The number of hydrogen-bond donors (Lipinski definition) is 0. The summed E-state index contributed by atoms with van der Waals surface area (Å²) in [5, 5.41) is 10.1. The van der Waals surface area contributed by atoms with Gasteiger partial charge in [-0.15, -0.1) is 16.4 Å². The standard InChI is InChI=1S/C16H15N3OS/c1-12-4-6-13(7-5-12)10-19-16(15(11-20)17-18-19)9-14-3-2-8-21-14/h2-8,11H,9-10H2,1H3. The van der Waals surface area contributed by atoms with Crippen molar-refractivity contribution in [3.63, 3.8) is 0 Å². The molecule has 0 unspecified atom stereocenters. The van der Waals surface area contributed by atoms with Crippen molar-refractivity contribution < 1.29 is 4.79 Å². The molecule has 21 heavy (non-hydrogen) atoms. The van der Waals surface area contributed by atoms with Gasteiger partial charge in [0.25, 0.3) is 0 Å². The van der Waals surface area contributed by atoms with Crippen molar-refractivity contribution in [1.29, 1.82) is 0 Å². The monoisotopic (exact) mass is 297 g/mol. The molecular weight excluding hydrogens is 282 g/mol. The van der Waals surface area contributed by atoms with Gasteiger partial charge in [-0.2, -0.15) is 0 Å². The van der Waals surface area contributed by atoms with Crippen molar-refractivity contribution in [2.24, 2.45) is 0 Å². The lowest BCUT2D eigenvalue weighted by Crippen LogP contribution is -2.07. The second kappa shape index (κ2) is 6.01. The van der Waals surface area contributed by atoms with Gasteiger partial charge in [0.05, 0.1) is 12.2 Å². The van der Waals surface area contributed by atoms with E-state index >= 15 is 0 Å². The number of benzene rings is 1. The van der Waals surface area contributed by atoms with Crippen LogP contribution in [0.5, 0.6) is 0 Å². The van der Waals surface area contributed by atoms with Crippen molar-refractivity contribution in [3.05, 3.63) is 69.2 Å². The zero-order valence-corrected chi connectivity index (χ0v) is 12.5. The first-order chi connectivity index (χ1) is 10.3. The number of thiophene rings is 1. The van der Waals surface area contributed by atoms with Gasteiger partial charge >= 0.3 is 0 Å². The first kappa shape index (κ1) is 13.7. The summed E-state index contributed by atoms with van der Waals surface area (Å²) in [7, 11) is 0. The highest BCUT2D eigenvalue weighted by Gasteiger charge is 2.13. The predicted molar refractivity (Wildman–Crippen MR) is 82.8 cm³/mol. The molecule has 0 fully saturated rings. The smallest absolute Gasteiger partial charge is 0.172 e. The molecule has 0 aliphatic heterocycles. The Hall–Kier alpha value is -2.27. The number of carbonyl (C=O) groups is 1. The van der Waals surface area contributed by atoms with Crippen LogP contribution in [0.25, 0.3) is 0 Å². The summed E-state index contributed by atoms with van der Waals surface area (Å²) in [4.78, 5) is 12.4. The van der Waals surface area contributed by atoms with Crippen LogP contribution in [0, 0.1) is 6.92 Å². The minimum absolute atomic E-state index is 0.426. The van der Waals surface area contributed by atoms with Gasteiger partial charge < -0.3 is 0 Å². The Morgan fingerprint density at radius 2 is 2.05 bits per heavy atom. The van der Waals surface area contributed by atoms with E-state index in [9.17, 15) is 4.79 Å². The second-order valence-electron chi connectivity index (χ2n) is 4.94. The maximum absolute atomic E-state index is 11.2. The Labute approximate surface area is 127 Å². The van der Waals surface area contributed by atoms with E-state index in [1.165, 1.54) is 10.4 Å². The van der Waals surface area contributed by atoms with Crippen LogP contribution in [0.1, 0.15) is 32.2 Å². The van der Waals surface area contributed by atoms with Gasteiger partial charge in [0, 0.05) is 11.3 Å². The highest BCUT2D eigenvalue weighted by Crippen LogP contribution is 2.17. The van der Waals surface area contributed by atoms with E-state index in [1.807, 2.05) is 16.1 Å². The molecule has 0 atom stereocenters. The fraction of sp³-hybridized carbons (Fsp3) is 0.188. The minimum Gasteiger partial charge on any atom is -0.296 e. The lowest BCUT2D eigenvalue weighted by Gasteiger charge is -2.06. The van der Waals surface area contributed by atoms with E-state index in [2.05, 4.69) is 47.6 Å². The summed E-state index contributed by atoms with van der Waals surface area (Å²) in [6, 6.07) is 12.4. The first-order valence-corrected chi connectivity index (χ1v) is 7.59. The highest BCUT2D eigenvalue weighted by atomic mass is 32.1. The maximum Gasteiger partial charge on any atom is 0.172 e. The van der Waals surface area contributed by atoms with Gasteiger partial charge in [-0.05, 0) is 23.9 Å². The lowest BCUT2D eigenvalue weighted by molar-refractivity contribution is 0.111. The fourth-order valence-electron chi connectivity index (χ4n) is 2.19. The molecule has 0 saturated carbocycles. The number of aryl methyl sites for hydroxylation is 1. The first-order valence-electron chi connectivity index (χ1n) is 6.72. The van der Waals surface area contributed by atoms with Gasteiger partial charge in [-0.3, -0.25) is 4.79 Å². The van der Waals surface area contributed by atoms with Crippen LogP contribution < -0.4 is 0 Å². The molecule has 0 aliphatic carbocycles. The summed E-state index contributed by atoms with van der Waals surface area (Å²) in [5.74, 6) is 0. The van der Waals surface area contributed by atoms with E-state index in [-0.39, 0.29) is 0 Å². The van der Waals surface area contributed by atoms with Crippen molar-refractivity contribution in [2.45, 2.75) is 19.9 Å². The molecule has 3 aromatic rings. The molecule has 0 spiro atoms. The van der Waals surface area contributed by atoms with E-state index < -0.39 is 0 Å². The number of rotatable bonds is 5. The molecule has 2 aromatic heterocycles. The van der Waals surface area contributed by atoms with Crippen LogP contribution in [-0.2, 0) is 13.0 Å². The fourth-order valence-corrected chi connectivity index (χ4v) is 2.90. The van der Waals surface area contributed by atoms with E-state index in [0.29, 0.717) is 18.7 Å². The van der Waals surface area contributed by atoms with Crippen LogP contribution in [0.4, 0.5) is 0 Å². The molecule has 106 valence electrons. The highest BCUT2D eigenvalue weighted by molar-refractivity contribution is 7.09. The van der Waals surface area contributed by atoms with Crippen LogP contribution in [0.15, 0.2) is 41.8 Å². The Morgan fingerprint density at radius 1 is 1.24 bits per heavy atom. The molecule has 0 amide bonds. The summed E-state index contributed by atoms with van der Waals surface area (Å²) < 4.78 is 1.81. The molecule has 1 aromatic carbocycles. The van der Waals surface area contributed by atoms with E-state index in [4.69, 9.17) is 0 Å². The largest absolute Gasteiger partial charge is 0.296 e. The molecule has 3 rings (SSSR count). The normalized spacial score (nSPS) is 10.7. The molecule has 4 nitrogen and oxygen atoms in total. The molecule has 0 saturated heterocycles. The van der Waals surface area contributed by atoms with Gasteiger partial charge in [0.2, 0.25) is 0 Å². The predicted octanol–water partition coefficient (Wildman–Crippen LogP) is 3.10. The van der Waals surface area contributed by atoms with Crippen LogP contribution >= 0.6 is 11.3 Å². The average molecular weight is 297 g/mol. The van der Waals surface area contributed by atoms with E-state index in [0.717, 1.165) is 17.5 Å². The van der Waals surface area contributed by atoms with Gasteiger partial charge in [-0.25, -0.2) is 4.68 Å². The SMILES string of the molecule is Cc1ccc(Cn2nnc(C=O)c2Cc2cccs2)cc1. The maximum atomic E-state index is 11.2. The Bertz CT molecular complexity index is 729. The Kier molecular flexibility index (Phi) is 3.92. The topological polar surface area (TPSA) is 47.8 Å². The van der Waals surface area contributed by atoms with Gasteiger partial charge in [-0.1, -0.05) is 41.1 Å². The third kappa shape index (κ3) is 3.08. The third-order valence-corrected chi connectivity index (χ3v) is 4.23. The molecule has 0 N–H and O–H groups in total. The van der Waals surface area contributed by atoms with Crippen molar-refractivity contribution in [2.75, 3.05) is 0 Å². The molecular formula is C16H15N3OS. The molecule has 2 heterocycles. The molecule has 5 heteroatoms. The number of aromatic nitrogens is 3. The summed E-state index contributed by atoms with van der Waals surface area (Å²) in [5.41, 5.74) is 3.67. The minimum atomic E-state index is 0.426. The third-order valence-electron chi connectivity index (χ3n) is 3.35. The van der Waals surface area contributed by atoms with E-state index in [1.54, 1.807) is 11.3 Å². The number of hydrogen-bond acceptors (Lipinski definition) is 4. The van der Waals surface area contributed by atoms with Crippen molar-refractivity contribution in [1.82, 2.24) is 15.0 Å². The van der Waals surface area contributed by atoms with Crippen molar-refractivity contribution in [3.8, 4) is 0 Å². The van der Waals surface area contributed by atoms with Crippen LogP contribution in [0.3, 0.4) is 0 Å². The average Bonchev–Trinajstić information content (AvgIpc) is 3.13. The van der Waals surface area contributed by atoms with Crippen LogP contribution in [0.2, 0.25) is 0 Å². The molecule has 0 bridgehead atoms. The number of aldehydes is 1. The molecule has 0 aliphatic rings. The quantitative estimate of drug-likeness (QED) is 0.680. The van der Waals surface area contributed by atoms with Gasteiger partial charge in [0.1, 0.15) is 5.69 Å². The second-order valence-corrected chi connectivity index (χ2v) is 5.97. The van der Waals surface area contributed by atoms with Gasteiger partial charge in [0.15, 0.2) is 6.29 Å².